The number of rotatable bonds is 7. The summed E-state index contributed by atoms with van der Waals surface area (Å²) in [5.74, 6) is -1.16. The molecule has 0 bridgehead atoms. The van der Waals surface area contributed by atoms with Crippen molar-refractivity contribution in [2.45, 2.75) is 39.3 Å². The number of nitrogens with one attached hydrogen (secondary N) is 1. The van der Waals surface area contributed by atoms with Crippen LogP contribution in [0.2, 0.25) is 0 Å². The van der Waals surface area contributed by atoms with Gasteiger partial charge < -0.3 is 15.2 Å². The van der Waals surface area contributed by atoms with Crippen LogP contribution in [0.4, 0.5) is 0 Å². The van der Waals surface area contributed by atoms with Gasteiger partial charge in [-0.25, -0.2) is 0 Å². The van der Waals surface area contributed by atoms with Crippen LogP contribution in [0, 0.1) is 5.92 Å². The van der Waals surface area contributed by atoms with E-state index in [0.717, 1.165) is 0 Å². The van der Waals surface area contributed by atoms with Crippen molar-refractivity contribution in [1.29, 1.82) is 0 Å². The maximum Gasteiger partial charge on any atom is 0.306 e. The van der Waals surface area contributed by atoms with E-state index in [-0.39, 0.29) is 30.6 Å². The van der Waals surface area contributed by atoms with Crippen LogP contribution in [0.5, 0.6) is 0 Å². The van der Waals surface area contributed by atoms with Crippen molar-refractivity contribution in [1.82, 2.24) is 10.2 Å². The second-order valence-corrected chi connectivity index (χ2v) is 5.73. The van der Waals surface area contributed by atoms with Gasteiger partial charge in [0.2, 0.25) is 5.91 Å². The molecule has 1 fully saturated rings. The minimum Gasteiger partial charge on any atom is -0.481 e. The molecule has 1 aliphatic rings. The van der Waals surface area contributed by atoms with Gasteiger partial charge in [-0.05, 0) is 12.8 Å². The Balaban J connectivity index is 2.46. The minimum atomic E-state index is -0.914. The van der Waals surface area contributed by atoms with Gasteiger partial charge in [-0.3, -0.25) is 19.3 Å². The molecule has 21 heavy (non-hydrogen) atoms. The Morgan fingerprint density at radius 3 is 2.57 bits per heavy atom. The quantitative estimate of drug-likeness (QED) is 0.681. The number of hydrogen-bond donors (Lipinski definition) is 2. The third kappa shape index (κ3) is 6.22. The zero-order valence-electron chi connectivity index (χ0n) is 12.8. The molecule has 0 aromatic carbocycles. The van der Waals surface area contributed by atoms with Crippen LogP contribution in [0.1, 0.15) is 27.2 Å². The number of carbonyl (C=O) groups excluding carboxylic acids is 2. The first-order valence-electron chi connectivity index (χ1n) is 7.15. The van der Waals surface area contributed by atoms with Gasteiger partial charge in [-0.2, -0.15) is 0 Å². The van der Waals surface area contributed by atoms with Gasteiger partial charge in [0.05, 0.1) is 31.7 Å². The standard InChI is InChI=1S/C14H24N2O5/c1-9(2)14(10(3)17)15-12(18)8-16-4-5-21-11(7-16)6-13(19)20/h9,11,14H,4-8H2,1-3H3,(H,15,18)(H,19,20). The van der Waals surface area contributed by atoms with Crippen molar-refractivity contribution in [2.24, 2.45) is 5.92 Å². The molecule has 0 aromatic rings. The summed E-state index contributed by atoms with van der Waals surface area (Å²) in [6.45, 7) is 6.76. The van der Waals surface area contributed by atoms with Crippen LogP contribution < -0.4 is 5.32 Å². The van der Waals surface area contributed by atoms with Crippen LogP contribution in [-0.4, -0.2) is 66.1 Å². The van der Waals surface area contributed by atoms with Crippen molar-refractivity contribution < 1.29 is 24.2 Å². The molecule has 1 saturated heterocycles. The maximum absolute atomic E-state index is 12.0. The van der Waals surface area contributed by atoms with Gasteiger partial charge in [0, 0.05) is 13.1 Å². The SMILES string of the molecule is CC(=O)C(NC(=O)CN1CCOC(CC(=O)O)C1)C(C)C. The highest BCUT2D eigenvalue weighted by Crippen LogP contribution is 2.09. The van der Waals surface area contributed by atoms with E-state index in [9.17, 15) is 14.4 Å². The van der Waals surface area contributed by atoms with E-state index in [1.54, 1.807) is 0 Å². The van der Waals surface area contributed by atoms with Crippen LogP contribution >= 0.6 is 0 Å². The fourth-order valence-corrected chi connectivity index (χ4v) is 2.40. The van der Waals surface area contributed by atoms with E-state index < -0.39 is 18.1 Å². The Morgan fingerprint density at radius 1 is 1.38 bits per heavy atom. The first-order chi connectivity index (χ1) is 9.79. The molecule has 2 atom stereocenters. The first-order valence-corrected chi connectivity index (χ1v) is 7.15. The van der Waals surface area contributed by atoms with Crippen molar-refractivity contribution >= 4 is 17.7 Å². The summed E-state index contributed by atoms with van der Waals surface area (Å²) in [5.41, 5.74) is 0. The monoisotopic (exact) mass is 300 g/mol. The van der Waals surface area contributed by atoms with Gasteiger partial charge in [0.25, 0.3) is 0 Å². The maximum atomic E-state index is 12.0. The molecule has 7 nitrogen and oxygen atoms in total. The molecule has 2 unspecified atom stereocenters. The number of aliphatic carboxylic acids is 1. The number of hydrogen-bond acceptors (Lipinski definition) is 5. The lowest BCUT2D eigenvalue weighted by Crippen LogP contribution is -2.51. The fourth-order valence-electron chi connectivity index (χ4n) is 2.40. The Bertz CT molecular complexity index is 397. The summed E-state index contributed by atoms with van der Waals surface area (Å²) in [6, 6.07) is -0.478. The van der Waals surface area contributed by atoms with Gasteiger partial charge in [-0.15, -0.1) is 0 Å². The highest BCUT2D eigenvalue weighted by Gasteiger charge is 2.26. The number of carboxylic acid groups (broad SMARTS) is 1. The molecule has 0 aromatic heterocycles. The first kappa shape index (κ1) is 17.6. The lowest BCUT2D eigenvalue weighted by molar-refractivity contribution is -0.142. The summed E-state index contributed by atoms with van der Waals surface area (Å²) in [6.07, 6.45) is -0.460. The average molecular weight is 300 g/mol. The van der Waals surface area contributed by atoms with Crippen molar-refractivity contribution in [3.05, 3.63) is 0 Å². The smallest absolute Gasteiger partial charge is 0.306 e. The third-order valence-electron chi connectivity index (χ3n) is 3.41. The molecule has 1 heterocycles. The highest BCUT2D eigenvalue weighted by atomic mass is 16.5. The third-order valence-corrected chi connectivity index (χ3v) is 3.41. The molecule has 1 aliphatic heterocycles. The fraction of sp³-hybridized carbons (Fsp3) is 0.786. The Labute approximate surface area is 124 Å². The van der Waals surface area contributed by atoms with E-state index in [1.807, 2.05) is 18.7 Å². The zero-order valence-corrected chi connectivity index (χ0v) is 12.8. The van der Waals surface area contributed by atoms with E-state index in [2.05, 4.69) is 5.32 Å². The minimum absolute atomic E-state index is 0.0379. The number of Topliss-reactive ketones (excluding diaryl/α,β-unsaturated/α-hetero) is 1. The summed E-state index contributed by atoms with van der Waals surface area (Å²) >= 11 is 0. The number of amides is 1. The summed E-state index contributed by atoms with van der Waals surface area (Å²) < 4.78 is 5.35. The van der Waals surface area contributed by atoms with Gasteiger partial charge in [-0.1, -0.05) is 13.8 Å². The van der Waals surface area contributed by atoms with Crippen molar-refractivity contribution in [3.63, 3.8) is 0 Å². The lowest BCUT2D eigenvalue weighted by atomic mass is 10.0. The topological polar surface area (TPSA) is 95.9 Å². The molecule has 1 rings (SSSR count). The largest absolute Gasteiger partial charge is 0.481 e. The number of nitrogens with zero attached hydrogens (tertiary/aromatic N) is 1. The van der Waals surface area contributed by atoms with Gasteiger partial charge >= 0.3 is 5.97 Å². The van der Waals surface area contributed by atoms with Crippen molar-refractivity contribution in [2.75, 3.05) is 26.2 Å². The summed E-state index contributed by atoms with van der Waals surface area (Å²) in [7, 11) is 0. The Kier molecular flexibility index (Phi) is 6.77. The van der Waals surface area contributed by atoms with Crippen LogP contribution in [-0.2, 0) is 19.1 Å². The molecule has 0 radical (unpaired) electrons. The molecule has 2 N–H and O–H groups in total. The summed E-state index contributed by atoms with van der Waals surface area (Å²) in [5, 5.41) is 11.5. The number of carboxylic acids is 1. The molecular formula is C14H24N2O5. The molecule has 0 spiro atoms. The second kappa shape index (κ2) is 8.09. The molecule has 0 saturated carbocycles. The molecule has 0 aliphatic carbocycles. The van der Waals surface area contributed by atoms with Crippen LogP contribution in [0.3, 0.4) is 0 Å². The van der Waals surface area contributed by atoms with Crippen LogP contribution in [0.15, 0.2) is 0 Å². The Morgan fingerprint density at radius 2 is 2.05 bits per heavy atom. The average Bonchev–Trinajstić information content (AvgIpc) is 2.34. The Hall–Kier alpha value is -1.47. The normalized spacial score (nSPS) is 21.0. The molecular weight excluding hydrogens is 276 g/mol. The zero-order chi connectivity index (χ0) is 16.0. The van der Waals surface area contributed by atoms with E-state index >= 15 is 0 Å². The molecule has 7 heteroatoms. The lowest BCUT2D eigenvalue weighted by Gasteiger charge is -2.32. The molecule has 120 valence electrons. The van der Waals surface area contributed by atoms with Crippen molar-refractivity contribution in [3.8, 4) is 0 Å². The van der Waals surface area contributed by atoms with Gasteiger partial charge in [0.1, 0.15) is 0 Å². The number of carbonyl (C=O) groups is 3. The highest BCUT2D eigenvalue weighted by molar-refractivity contribution is 5.88. The van der Waals surface area contributed by atoms with E-state index in [0.29, 0.717) is 19.7 Å². The molecule has 1 amide bonds. The van der Waals surface area contributed by atoms with E-state index in [1.165, 1.54) is 6.92 Å². The number of morpholine rings is 1. The van der Waals surface area contributed by atoms with Gasteiger partial charge in [0.15, 0.2) is 5.78 Å². The second-order valence-electron chi connectivity index (χ2n) is 5.73. The van der Waals surface area contributed by atoms with E-state index in [4.69, 9.17) is 9.84 Å². The summed E-state index contributed by atoms with van der Waals surface area (Å²) in [4.78, 5) is 36.0. The predicted molar refractivity (Wildman–Crippen MR) is 75.9 cm³/mol. The van der Waals surface area contributed by atoms with Crippen LogP contribution in [0.25, 0.3) is 0 Å². The number of ether oxygens (including phenoxy) is 1. The predicted octanol–water partition coefficient (Wildman–Crippen LogP) is -0.108. The number of ketones is 1.